The number of nitrogens with zero attached hydrogens (tertiary/aromatic N) is 3. The molecule has 3 aliphatic rings. The van der Waals surface area contributed by atoms with Gasteiger partial charge in [0.25, 0.3) is 0 Å². The van der Waals surface area contributed by atoms with Crippen LogP contribution in [0, 0.1) is 0 Å². The fourth-order valence-corrected chi connectivity index (χ4v) is 4.90. The second kappa shape index (κ2) is 7.38. The lowest BCUT2D eigenvalue weighted by molar-refractivity contribution is 0.0567. The molecule has 3 rings (SSSR count). The van der Waals surface area contributed by atoms with Crippen LogP contribution in [0.1, 0.15) is 52.4 Å². The highest BCUT2D eigenvalue weighted by Gasteiger charge is 2.34. The summed E-state index contributed by atoms with van der Waals surface area (Å²) < 4.78 is 0. The van der Waals surface area contributed by atoms with Gasteiger partial charge in [-0.2, -0.15) is 0 Å². The van der Waals surface area contributed by atoms with Gasteiger partial charge in [-0.1, -0.05) is 0 Å². The third-order valence-electron chi connectivity index (χ3n) is 6.69. The lowest BCUT2D eigenvalue weighted by Crippen LogP contribution is -2.57. The summed E-state index contributed by atoms with van der Waals surface area (Å²) in [6.07, 6.45) is 8.20. The van der Waals surface area contributed by atoms with Gasteiger partial charge in [-0.25, -0.2) is 0 Å². The van der Waals surface area contributed by atoms with Crippen molar-refractivity contribution in [3.8, 4) is 0 Å². The van der Waals surface area contributed by atoms with E-state index >= 15 is 0 Å². The minimum Gasteiger partial charge on any atom is -0.312 e. The quantitative estimate of drug-likeness (QED) is 0.836. The molecule has 0 aromatic carbocycles. The van der Waals surface area contributed by atoms with Crippen LogP contribution >= 0.6 is 0 Å². The van der Waals surface area contributed by atoms with Crippen LogP contribution in [0.3, 0.4) is 0 Å². The fourth-order valence-electron chi connectivity index (χ4n) is 4.90. The zero-order valence-electron chi connectivity index (χ0n) is 15.9. The lowest BCUT2D eigenvalue weighted by Gasteiger charge is -2.45. The van der Waals surface area contributed by atoms with Crippen LogP contribution < -0.4 is 5.32 Å². The van der Waals surface area contributed by atoms with Crippen LogP contribution in [-0.4, -0.2) is 85.2 Å². The average molecular weight is 323 g/mol. The molecule has 0 aromatic heterocycles. The lowest BCUT2D eigenvalue weighted by atomic mass is 9.93. The summed E-state index contributed by atoms with van der Waals surface area (Å²) >= 11 is 0. The first-order valence-electron chi connectivity index (χ1n) is 9.84. The Morgan fingerprint density at radius 2 is 1.74 bits per heavy atom. The molecular formula is C19H38N4. The van der Waals surface area contributed by atoms with Gasteiger partial charge in [-0.05, 0) is 79.6 Å². The largest absolute Gasteiger partial charge is 0.312 e. The first-order chi connectivity index (χ1) is 11.0. The number of nitrogens with one attached hydrogen (secondary N) is 1. The van der Waals surface area contributed by atoms with Crippen LogP contribution in [0.4, 0.5) is 0 Å². The van der Waals surface area contributed by atoms with E-state index < -0.39 is 0 Å². The van der Waals surface area contributed by atoms with Gasteiger partial charge in [-0.15, -0.1) is 0 Å². The van der Waals surface area contributed by atoms with E-state index in [-0.39, 0.29) is 5.54 Å². The van der Waals surface area contributed by atoms with E-state index in [4.69, 9.17) is 0 Å². The summed E-state index contributed by atoms with van der Waals surface area (Å²) in [5.41, 5.74) is 0.282. The zero-order valence-corrected chi connectivity index (χ0v) is 15.9. The number of fused-ring (bicyclic) bond motifs is 1. The van der Waals surface area contributed by atoms with E-state index in [0.717, 1.165) is 24.7 Å². The Bertz CT molecular complexity index is 374. The number of piperidine rings is 2. The molecule has 3 aliphatic heterocycles. The minimum absolute atomic E-state index is 0.282. The second-order valence-corrected chi connectivity index (χ2v) is 8.93. The Hall–Kier alpha value is -0.160. The Morgan fingerprint density at radius 1 is 1.00 bits per heavy atom. The van der Waals surface area contributed by atoms with Crippen molar-refractivity contribution in [3.63, 3.8) is 0 Å². The predicted molar refractivity (Wildman–Crippen MR) is 98.0 cm³/mol. The second-order valence-electron chi connectivity index (χ2n) is 8.93. The molecule has 0 radical (unpaired) electrons. The van der Waals surface area contributed by atoms with E-state index in [2.05, 4.69) is 48.0 Å². The normalized spacial score (nSPS) is 31.7. The monoisotopic (exact) mass is 322 g/mol. The van der Waals surface area contributed by atoms with Gasteiger partial charge in [0.2, 0.25) is 0 Å². The maximum atomic E-state index is 3.93. The molecule has 0 saturated carbocycles. The van der Waals surface area contributed by atoms with Crippen LogP contribution in [0.2, 0.25) is 0 Å². The smallest absolute Gasteiger partial charge is 0.0277 e. The van der Waals surface area contributed by atoms with Crippen molar-refractivity contribution in [1.29, 1.82) is 0 Å². The summed E-state index contributed by atoms with van der Waals surface area (Å²) in [6, 6.07) is 2.40. The molecule has 0 unspecified atom stereocenters. The molecule has 0 aromatic rings. The number of likely N-dealkylation sites (tertiary alicyclic amines) is 1. The standard InChI is InChI=1S/C19H38N4/c1-19(2,23-12-8-17(9-13-23)21(3)4)15-20-16-7-11-22-10-5-6-18(22)14-16/h16-18,20H,5-15H2,1-4H3/t16-,18-/m0/s1. The maximum absolute atomic E-state index is 3.93. The summed E-state index contributed by atoms with van der Waals surface area (Å²) in [4.78, 5) is 7.83. The highest BCUT2D eigenvalue weighted by molar-refractivity contribution is 4.93. The first-order valence-corrected chi connectivity index (χ1v) is 9.84. The first kappa shape index (κ1) is 17.7. The van der Waals surface area contributed by atoms with E-state index in [0.29, 0.717) is 0 Å². The molecule has 3 fully saturated rings. The molecule has 4 nitrogen and oxygen atoms in total. The van der Waals surface area contributed by atoms with Crippen molar-refractivity contribution in [2.24, 2.45) is 0 Å². The summed E-state index contributed by atoms with van der Waals surface area (Å²) in [5.74, 6) is 0. The van der Waals surface area contributed by atoms with Crippen molar-refractivity contribution in [3.05, 3.63) is 0 Å². The van der Waals surface area contributed by atoms with Crippen LogP contribution in [-0.2, 0) is 0 Å². The molecule has 23 heavy (non-hydrogen) atoms. The van der Waals surface area contributed by atoms with Gasteiger partial charge in [0.15, 0.2) is 0 Å². The number of hydrogen-bond donors (Lipinski definition) is 1. The maximum Gasteiger partial charge on any atom is 0.0277 e. The van der Waals surface area contributed by atoms with Crippen LogP contribution in [0.5, 0.6) is 0 Å². The third-order valence-corrected chi connectivity index (χ3v) is 6.69. The van der Waals surface area contributed by atoms with E-state index in [1.165, 1.54) is 64.7 Å². The Kier molecular flexibility index (Phi) is 5.67. The molecule has 1 N–H and O–H groups in total. The van der Waals surface area contributed by atoms with Gasteiger partial charge >= 0.3 is 0 Å². The van der Waals surface area contributed by atoms with Gasteiger partial charge in [0, 0.05) is 43.3 Å². The van der Waals surface area contributed by atoms with E-state index in [9.17, 15) is 0 Å². The minimum atomic E-state index is 0.282. The van der Waals surface area contributed by atoms with Gasteiger partial charge in [0.05, 0.1) is 0 Å². The number of rotatable bonds is 5. The fraction of sp³-hybridized carbons (Fsp3) is 1.00. The van der Waals surface area contributed by atoms with E-state index in [1.54, 1.807) is 0 Å². The van der Waals surface area contributed by atoms with Crippen molar-refractivity contribution < 1.29 is 0 Å². The highest BCUT2D eigenvalue weighted by atomic mass is 15.2. The zero-order chi connectivity index (χ0) is 16.4. The predicted octanol–water partition coefficient (Wildman–Crippen LogP) is 2.01. The molecule has 0 spiro atoms. The van der Waals surface area contributed by atoms with Crippen LogP contribution in [0.15, 0.2) is 0 Å². The Balaban J connectivity index is 1.43. The Morgan fingerprint density at radius 3 is 2.43 bits per heavy atom. The van der Waals surface area contributed by atoms with E-state index in [1.807, 2.05) is 0 Å². The molecule has 0 amide bonds. The Labute approximate surface area is 143 Å². The molecule has 134 valence electrons. The molecule has 0 aliphatic carbocycles. The van der Waals surface area contributed by atoms with Gasteiger partial charge in [-0.3, -0.25) is 4.90 Å². The summed E-state index contributed by atoms with van der Waals surface area (Å²) in [6.45, 7) is 11.2. The van der Waals surface area contributed by atoms with Crippen LogP contribution in [0.25, 0.3) is 0 Å². The van der Waals surface area contributed by atoms with Gasteiger partial charge < -0.3 is 15.1 Å². The average Bonchev–Trinajstić information content (AvgIpc) is 3.01. The van der Waals surface area contributed by atoms with Crippen molar-refractivity contribution in [1.82, 2.24) is 20.0 Å². The SMILES string of the molecule is CN(C)C1CCN(C(C)(C)CN[C@H]2CCN3CCC[C@H]3C2)CC1. The highest BCUT2D eigenvalue weighted by Crippen LogP contribution is 2.28. The molecular weight excluding hydrogens is 284 g/mol. The third kappa shape index (κ3) is 4.28. The molecule has 0 bridgehead atoms. The van der Waals surface area contributed by atoms with Gasteiger partial charge in [0.1, 0.15) is 0 Å². The molecule has 3 saturated heterocycles. The molecule has 2 atom stereocenters. The summed E-state index contributed by atoms with van der Waals surface area (Å²) in [7, 11) is 4.45. The molecule has 4 heteroatoms. The van der Waals surface area contributed by atoms with Crippen molar-refractivity contribution in [2.75, 3.05) is 46.8 Å². The topological polar surface area (TPSA) is 21.8 Å². The van der Waals surface area contributed by atoms with Crippen molar-refractivity contribution in [2.45, 2.75) is 76.0 Å². The van der Waals surface area contributed by atoms with Crippen molar-refractivity contribution >= 4 is 0 Å². The number of hydrogen-bond acceptors (Lipinski definition) is 4. The molecule has 3 heterocycles. The summed E-state index contributed by atoms with van der Waals surface area (Å²) in [5, 5.41) is 3.93.